The summed E-state index contributed by atoms with van der Waals surface area (Å²) in [6.45, 7) is 0. The van der Waals surface area contributed by atoms with E-state index in [-0.39, 0.29) is 11.5 Å². The van der Waals surface area contributed by atoms with Crippen LogP contribution in [0, 0.1) is 5.92 Å². The van der Waals surface area contributed by atoms with Gasteiger partial charge in [-0.25, -0.2) is 4.79 Å². The topological polar surface area (TPSA) is 83.5 Å². The fraction of sp³-hybridized carbons (Fsp3) is 0.312. The Hall–Kier alpha value is -2.43. The summed E-state index contributed by atoms with van der Waals surface area (Å²) < 4.78 is 0. The highest BCUT2D eigenvalue weighted by atomic mass is 16.4. The quantitative estimate of drug-likeness (QED) is 0.655. The summed E-state index contributed by atoms with van der Waals surface area (Å²) in [6.07, 6.45) is 3.88. The third kappa shape index (κ3) is 4.02. The number of amides is 1. The number of ketones is 1. The minimum Gasteiger partial charge on any atom is -0.477 e. The van der Waals surface area contributed by atoms with Crippen LogP contribution in [0.5, 0.6) is 0 Å². The number of carboxylic acid groups (broad SMARTS) is 1. The molecule has 1 aliphatic rings. The Labute approximate surface area is 122 Å². The molecule has 0 bridgehead atoms. The molecular formula is C16H17NO4. The number of benzene rings is 1. The highest BCUT2D eigenvalue weighted by Crippen LogP contribution is 2.21. The molecule has 1 amide bonds. The van der Waals surface area contributed by atoms with Gasteiger partial charge >= 0.3 is 5.97 Å². The highest BCUT2D eigenvalue weighted by molar-refractivity contribution is 6.05. The molecule has 0 spiro atoms. The maximum Gasteiger partial charge on any atom is 0.352 e. The van der Waals surface area contributed by atoms with E-state index in [0.29, 0.717) is 18.4 Å². The molecule has 0 radical (unpaired) electrons. The van der Waals surface area contributed by atoms with Crippen molar-refractivity contribution in [2.45, 2.75) is 25.7 Å². The predicted octanol–water partition coefficient (Wildman–Crippen LogP) is 1.99. The first kappa shape index (κ1) is 15.0. The lowest BCUT2D eigenvalue weighted by Crippen LogP contribution is -2.38. The van der Waals surface area contributed by atoms with Crippen molar-refractivity contribution >= 4 is 23.7 Å². The molecule has 1 aliphatic carbocycles. The summed E-state index contributed by atoms with van der Waals surface area (Å²) in [7, 11) is 0. The van der Waals surface area contributed by atoms with Gasteiger partial charge in [-0.3, -0.25) is 9.59 Å². The fourth-order valence-corrected chi connectivity index (χ4v) is 2.35. The normalized spacial score (nSPS) is 19.1. The molecule has 5 nitrogen and oxygen atoms in total. The van der Waals surface area contributed by atoms with Crippen molar-refractivity contribution in [2.24, 2.45) is 5.92 Å². The van der Waals surface area contributed by atoms with Crippen LogP contribution >= 0.6 is 0 Å². The summed E-state index contributed by atoms with van der Waals surface area (Å²) in [5.41, 5.74) is 0.453. The number of Topliss-reactive ketones (excluding diaryl/α,β-unsaturated/α-hetero) is 1. The minimum absolute atomic E-state index is 0.108. The van der Waals surface area contributed by atoms with Crippen LogP contribution in [-0.2, 0) is 14.4 Å². The maximum absolute atomic E-state index is 12.1. The van der Waals surface area contributed by atoms with Gasteiger partial charge in [0.1, 0.15) is 11.5 Å². The van der Waals surface area contributed by atoms with E-state index in [2.05, 4.69) is 5.32 Å². The van der Waals surface area contributed by atoms with E-state index in [1.54, 1.807) is 24.3 Å². The first-order valence-electron chi connectivity index (χ1n) is 6.91. The van der Waals surface area contributed by atoms with Crippen LogP contribution in [0.25, 0.3) is 6.08 Å². The number of nitrogens with one attached hydrogen (secondary N) is 1. The zero-order chi connectivity index (χ0) is 15.2. The molecule has 1 atom stereocenters. The van der Waals surface area contributed by atoms with Crippen LogP contribution in [0.15, 0.2) is 36.0 Å². The van der Waals surface area contributed by atoms with Crippen molar-refractivity contribution < 1.29 is 19.5 Å². The number of carbonyl (C=O) groups is 3. The van der Waals surface area contributed by atoms with Crippen molar-refractivity contribution in [2.75, 3.05) is 0 Å². The average molecular weight is 287 g/mol. The molecule has 0 heterocycles. The molecule has 0 aromatic heterocycles. The van der Waals surface area contributed by atoms with E-state index in [0.717, 1.165) is 12.8 Å². The lowest BCUT2D eigenvalue weighted by molar-refractivity contribution is -0.138. The average Bonchev–Trinajstić information content (AvgIpc) is 2.48. The lowest BCUT2D eigenvalue weighted by atomic mass is 9.87. The summed E-state index contributed by atoms with van der Waals surface area (Å²) in [5.74, 6) is -2.58. The van der Waals surface area contributed by atoms with Crippen molar-refractivity contribution in [3.8, 4) is 0 Å². The van der Waals surface area contributed by atoms with E-state index in [1.807, 2.05) is 6.07 Å². The Bertz CT molecular complexity index is 577. The van der Waals surface area contributed by atoms with Crippen molar-refractivity contribution in [3.63, 3.8) is 0 Å². The Morgan fingerprint density at radius 3 is 2.52 bits per heavy atom. The van der Waals surface area contributed by atoms with E-state index in [1.165, 1.54) is 6.08 Å². The number of carboxylic acids is 1. The first-order chi connectivity index (χ1) is 10.1. The molecule has 2 N–H and O–H groups in total. The maximum atomic E-state index is 12.1. The number of rotatable bonds is 4. The second-order valence-electron chi connectivity index (χ2n) is 5.03. The summed E-state index contributed by atoms with van der Waals surface area (Å²) in [5, 5.41) is 11.5. The SMILES string of the molecule is O=C(O)/C(=C\c1ccccc1)NC(=O)C1CCCCC1=O. The Kier molecular flexibility index (Phi) is 4.87. The summed E-state index contributed by atoms with van der Waals surface area (Å²) in [4.78, 5) is 35.0. The van der Waals surface area contributed by atoms with Crippen LogP contribution in [0.3, 0.4) is 0 Å². The lowest BCUT2D eigenvalue weighted by Gasteiger charge is -2.19. The first-order valence-corrected chi connectivity index (χ1v) is 6.91. The third-order valence-corrected chi connectivity index (χ3v) is 3.47. The number of hydrogen-bond donors (Lipinski definition) is 2. The van der Waals surface area contributed by atoms with Crippen molar-refractivity contribution in [3.05, 3.63) is 41.6 Å². The van der Waals surface area contributed by atoms with Gasteiger partial charge < -0.3 is 10.4 Å². The van der Waals surface area contributed by atoms with Crippen molar-refractivity contribution in [1.82, 2.24) is 5.32 Å². The van der Waals surface area contributed by atoms with Gasteiger partial charge in [-0.15, -0.1) is 0 Å². The molecule has 1 aromatic rings. The van der Waals surface area contributed by atoms with Crippen LogP contribution < -0.4 is 5.32 Å². The van der Waals surface area contributed by atoms with Gasteiger partial charge in [-0.1, -0.05) is 36.8 Å². The highest BCUT2D eigenvalue weighted by Gasteiger charge is 2.29. The molecule has 0 saturated heterocycles. The molecule has 1 fully saturated rings. The van der Waals surface area contributed by atoms with Gasteiger partial charge in [0.05, 0.1) is 5.92 Å². The van der Waals surface area contributed by atoms with Gasteiger partial charge in [-0.2, -0.15) is 0 Å². The largest absolute Gasteiger partial charge is 0.477 e. The van der Waals surface area contributed by atoms with E-state index in [9.17, 15) is 19.5 Å². The summed E-state index contributed by atoms with van der Waals surface area (Å²) in [6, 6.07) is 8.84. The minimum atomic E-state index is -1.23. The molecule has 1 unspecified atom stereocenters. The zero-order valence-electron chi connectivity index (χ0n) is 11.5. The van der Waals surface area contributed by atoms with Gasteiger partial charge in [0, 0.05) is 6.42 Å². The van der Waals surface area contributed by atoms with E-state index in [4.69, 9.17) is 0 Å². The molecule has 1 aromatic carbocycles. The molecular weight excluding hydrogens is 270 g/mol. The Morgan fingerprint density at radius 2 is 1.90 bits per heavy atom. The number of hydrogen-bond acceptors (Lipinski definition) is 3. The Morgan fingerprint density at radius 1 is 1.19 bits per heavy atom. The smallest absolute Gasteiger partial charge is 0.352 e. The molecule has 110 valence electrons. The third-order valence-electron chi connectivity index (χ3n) is 3.47. The van der Waals surface area contributed by atoms with Gasteiger partial charge in [-0.05, 0) is 24.5 Å². The molecule has 0 aliphatic heterocycles. The second kappa shape index (κ2) is 6.83. The molecule has 1 saturated carbocycles. The fourth-order valence-electron chi connectivity index (χ4n) is 2.35. The van der Waals surface area contributed by atoms with Crippen LogP contribution in [0.2, 0.25) is 0 Å². The Balaban J connectivity index is 2.13. The van der Waals surface area contributed by atoms with Gasteiger partial charge in [0.15, 0.2) is 0 Å². The molecule has 2 rings (SSSR count). The zero-order valence-corrected chi connectivity index (χ0v) is 11.5. The second-order valence-corrected chi connectivity index (χ2v) is 5.03. The predicted molar refractivity (Wildman–Crippen MR) is 77.2 cm³/mol. The molecule has 5 heteroatoms. The number of carbonyl (C=O) groups excluding carboxylic acids is 2. The van der Waals surface area contributed by atoms with E-state index >= 15 is 0 Å². The standard InChI is InChI=1S/C16H17NO4/c18-14-9-5-4-8-12(14)15(19)17-13(16(20)21)10-11-6-2-1-3-7-11/h1-3,6-7,10,12H,4-5,8-9H2,(H,17,19)(H,20,21)/b13-10+. The van der Waals surface area contributed by atoms with Crippen molar-refractivity contribution in [1.29, 1.82) is 0 Å². The van der Waals surface area contributed by atoms with Gasteiger partial charge in [0.2, 0.25) is 5.91 Å². The summed E-state index contributed by atoms with van der Waals surface area (Å²) >= 11 is 0. The molecule has 21 heavy (non-hydrogen) atoms. The van der Waals surface area contributed by atoms with E-state index < -0.39 is 17.8 Å². The number of aliphatic carboxylic acids is 1. The van der Waals surface area contributed by atoms with Crippen LogP contribution in [0.4, 0.5) is 0 Å². The van der Waals surface area contributed by atoms with Crippen LogP contribution in [0.1, 0.15) is 31.2 Å². The van der Waals surface area contributed by atoms with Crippen LogP contribution in [-0.4, -0.2) is 22.8 Å². The monoisotopic (exact) mass is 287 g/mol. The van der Waals surface area contributed by atoms with Gasteiger partial charge in [0.25, 0.3) is 0 Å².